The number of carbonyl (C=O) groups is 1. The van der Waals surface area contributed by atoms with E-state index in [-0.39, 0.29) is 24.9 Å². The van der Waals surface area contributed by atoms with Gasteiger partial charge in [0.25, 0.3) is 5.56 Å². The highest BCUT2D eigenvalue weighted by atomic mass is 28.3. The average Bonchev–Trinajstić information content (AvgIpc) is 2.81. The molecule has 0 amide bonds. The molecule has 0 saturated carbocycles. The van der Waals surface area contributed by atoms with E-state index in [0.717, 1.165) is 17.7 Å². The van der Waals surface area contributed by atoms with E-state index in [2.05, 4.69) is 44.3 Å². The number of ether oxygens (including phenoxy) is 3. The first kappa shape index (κ1) is 29.0. The molecule has 0 aliphatic heterocycles. The van der Waals surface area contributed by atoms with Crippen LogP contribution in [0.5, 0.6) is 5.75 Å². The maximum Gasteiger partial charge on any atom is 0.263 e. The molecule has 0 bridgehead atoms. The van der Waals surface area contributed by atoms with Crippen molar-refractivity contribution in [2.75, 3.05) is 20.0 Å². The first-order valence-corrected chi connectivity index (χ1v) is 20.2. The lowest BCUT2D eigenvalue weighted by atomic mass is 9.96. The quantitative estimate of drug-likeness (QED) is 0.110. The number of hydrogen-bond acceptors (Lipinski definition) is 6. The minimum absolute atomic E-state index is 0.0489. The highest BCUT2D eigenvalue weighted by molar-refractivity contribution is 6.76. The standard InChI is InChI=1S/C28H40N2O5Si2/c1-21(31)23-10-8-9-11-24(23)22-16-25-27(26(17-22)35-20-34-13-15-37(5,6)7)29-18-30(28(25)32)19-33-12-14-36(2,3)4/h8-11,16-18H,12-15,19-20H2,1-7H3. The SMILES string of the molecule is CC(=O)c1ccccc1-c1cc(OCOCC[Si](C)(C)C)c2ncn(COCC[Si](C)(C)C)c(=O)c2c1. The first-order valence-electron chi connectivity index (χ1n) is 12.8. The fourth-order valence-electron chi connectivity index (χ4n) is 3.72. The fourth-order valence-corrected chi connectivity index (χ4v) is 5.24. The van der Waals surface area contributed by atoms with Gasteiger partial charge in [0.1, 0.15) is 24.3 Å². The second-order valence-corrected chi connectivity index (χ2v) is 23.1. The van der Waals surface area contributed by atoms with Gasteiger partial charge in [0.2, 0.25) is 0 Å². The Bertz CT molecular complexity index is 1290. The molecule has 0 atom stereocenters. The molecular weight excluding hydrogens is 500 g/mol. The topological polar surface area (TPSA) is 79.7 Å². The average molecular weight is 541 g/mol. The first-order chi connectivity index (χ1) is 17.4. The lowest BCUT2D eigenvalue weighted by Gasteiger charge is -2.17. The molecule has 3 aromatic rings. The van der Waals surface area contributed by atoms with Gasteiger partial charge in [0.15, 0.2) is 12.6 Å². The molecule has 0 N–H and O–H groups in total. The maximum absolute atomic E-state index is 13.5. The predicted octanol–water partition coefficient (Wildman–Crippen LogP) is 6.27. The summed E-state index contributed by atoms with van der Waals surface area (Å²) < 4.78 is 19.0. The van der Waals surface area contributed by atoms with Gasteiger partial charge in [-0.25, -0.2) is 4.98 Å². The molecule has 0 aliphatic rings. The summed E-state index contributed by atoms with van der Waals surface area (Å²) in [6.07, 6.45) is 1.50. The summed E-state index contributed by atoms with van der Waals surface area (Å²) in [6.45, 7) is 16.7. The highest BCUT2D eigenvalue weighted by Gasteiger charge is 2.17. The molecule has 3 rings (SSSR count). The zero-order chi connectivity index (χ0) is 27.2. The number of aromatic nitrogens is 2. The van der Waals surface area contributed by atoms with E-state index in [9.17, 15) is 9.59 Å². The van der Waals surface area contributed by atoms with Gasteiger partial charge in [-0.2, -0.15) is 0 Å². The molecule has 0 fully saturated rings. The van der Waals surface area contributed by atoms with Gasteiger partial charge >= 0.3 is 0 Å². The molecule has 0 aliphatic carbocycles. The summed E-state index contributed by atoms with van der Waals surface area (Å²) in [6, 6.07) is 13.0. The van der Waals surface area contributed by atoms with Crippen LogP contribution in [0.4, 0.5) is 0 Å². The highest BCUT2D eigenvalue weighted by Crippen LogP contribution is 2.32. The summed E-state index contributed by atoms with van der Waals surface area (Å²) >= 11 is 0. The number of nitrogens with zero attached hydrogens (tertiary/aromatic N) is 2. The van der Waals surface area contributed by atoms with Gasteiger partial charge in [-0.05, 0) is 42.3 Å². The third kappa shape index (κ3) is 8.46. The molecule has 0 spiro atoms. The Labute approximate surface area is 221 Å². The normalized spacial score (nSPS) is 12.2. The molecule has 200 valence electrons. The number of carbonyl (C=O) groups excluding carboxylic acids is 1. The van der Waals surface area contributed by atoms with Crippen molar-refractivity contribution in [1.82, 2.24) is 9.55 Å². The van der Waals surface area contributed by atoms with Gasteiger partial charge in [-0.3, -0.25) is 14.2 Å². The van der Waals surface area contributed by atoms with Crippen LogP contribution in [0.1, 0.15) is 17.3 Å². The van der Waals surface area contributed by atoms with Crippen molar-refractivity contribution in [2.45, 2.75) is 65.0 Å². The molecule has 2 aromatic carbocycles. The lowest BCUT2D eigenvalue weighted by molar-refractivity contribution is 0.0228. The molecule has 0 unspecified atom stereocenters. The minimum Gasteiger partial charge on any atom is -0.465 e. The lowest BCUT2D eigenvalue weighted by Crippen LogP contribution is -2.25. The van der Waals surface area contributed by atoms with Crippen LogP contribution < -0.4 is 10.3 Å². The number of benzene rings is 2. The van der Waals surface area contributed by atoms with Crippen LogP contribution >= 0.6 is 0 Å². The van der Waals surface area contributed by atoms with Gasteiger partial charge in [-0.15, -0.1) is 0 Å². The zero-order valence-electron chi connectivity index (χ0n) is 23.2. The Morgan fingerprint density at radius 1 is 0.946 bits per heavy atom. The van der Waals surface area contributed by atoms with E-state index >= 15 is 0 Å². The minimum atomic E-state index is -1.23. The summed E-state index contributed by atoms with van der Waals surface area (Å²) in [7, 11) is -2.45. The summed E-state index contributed by atoms with van der Waals surface area (Å²) in [5.74, 6) is 0.398. The Morgan fingerprint density at radius 3 is 2.24 bits per heavy atom. The van der Waals surface area contributed by atoms with Crippen molar-refractivity contribution < 1.29 is 19.0 Å². The monoisotopic (exact) mass is 540 g/mol. The number of hydrogen-bond donors (Lipinski definition) is 0. The molecule has 0 radical (unpaired) electrons. The van der Waals surface area contributed by atoms with Gasteiger partial charge < -0.3 is 14.2 Å². The van der Waals surface area contributed by atoms with Crippen molar-refractivity contribution in [2.24, 2.45) is 0 Å². The van der Waals surface area contributed by atoms with Crippen LogP contribution in [-0.4, -0.2) is 51.5 Å². The molecule has 37 heavy (non-hydrogen) atoms. The Morgan fingerprint density at radius 2 is 1.59 bits per heavy atom. The van der Waals surface area contributed by atoms with Crippen molar-refractivity contribution in [3.05, 3.63) is 58.6 Å². The zero-order valence-corrected chi connectivity index (χ0v) is 25.2. The Kier molecular flexibility index (Phi) is 9.63. The van der Waals surface area contributed by atoms with E-state index < -0.39 is 16.1 Å². The van der Waals surface area contributed by atoms with Crippen molar-refractivity contribution in [1.29, 1.82) is 0 Å². The van der Waals surface area contributed by atoms with E-state index in [0.29, 0.717) is 41.0 Å². The molecule has 1 aromatic heterocycles. The number of rotatable bonds is 13. The van der Waals surface area contributed by atoms with Crippen molar-refractivity contribution in [3.8, 4) is 16.9 Å². The van der Waals surface area contributed by atoms with E-state index in [4.69, 9.17) is 14.2 Å². The van der Waals surface area contributed by atoms with Crippen LogP contribution in [0, 0.1) is 0 Å². The summed E-state index contributed by atoms with van der Waals surface area (Å²) in [5.41, 5.74) is 2.28. The number of Topliss-reactive ketones (excluding diaryl/α,β-unsaturated/α-hetero) is 1. The smallest absolute Gasteiger partial charge is 0.263 e. The van der Waals surface area contributed by atoms with Crippen LogP contribution in [0.3, 0.4) is 0 Å². The van der Waals surface area contributed by atoms with E-state index in [1.807, 2.05) is 24.3 Å². The molecule has 7 nitrogen and oxygen atoms in total. The Hall–Kier alpha value is -2.60. The van der Waals surface area contributed by atoms with Crippen molar-refractivity contribution in [3.63, 3.8) is 0 Å². The predicted molar refractivity (Wildman–Crippen MR) is 155 cm³/mol. The molecule has 1 heterocycles. The molecule has 0 saturated heterocycles. The Balaban J connectivity index is 1.96. The van der Waals surface area contributed by atoms with Crippen LogP contribution in [0.2, 0.25) is 51.4 Å². The summed E-state index contributed by atoms with van der Waals surface area (Å²) in [5, 5.41) is 0.407. The maximum atomic E-state index is 13.5. The fraction of sp³-hybridized carbons (Fsp3) is 0.464. The second kappa shape index (κ2) is 12.3. The third-order valence-corrected chi connectivity index (χ3v) is 9.44. The van der Waals surface area contributed by atoms with Crippen LogP contribution in [0.15, 0.2) is 47.5 Å². The van der Waals surface area contributed by atoms with Gasteiger partial charge in [-0.1, -0.05) is 63.5 Å². The number of fused-ring (bicyclic) bond motifs is 1. The second-order valence-electron chi connectivity index (χ2n) is 11.8. The van der Waals surface area contributed by atoms with Gasteiger partial charge in [0, 0.05) is 34.9 Å². The largest absolute Gasteiger partial charge is 0.465 e. The van der Waals surface area contributed by atoms with E-state index in [1.54, 1.807) is 12.1 Å². The van der Waals surface area contributed by atoms with Gasteiger partial charge in [0.05, 0.1) is 5.39 Å². The van der Waals surface area contributed by atoms with Crippen LogP contribution in [0.25, 0.3) is 22.0 Å². The summed E-state index contributed by atoms with van der Waals surface area (Å²) in [4.78, 5) is 30.3. The van der Waals surface area contributed by atoms with Crippen molar-refractivity contribution >= 4 is 32.8 Å². The number of ketones is 1. The van der Waals surface area contributed by atoms with E-state index in [1.165, 1.54) is 17.8 Å². The molecule has 9 heteroatoms. The van der Waals surface area contributed by atoms with Crippen LogP contribution in [-0.2, 0) is 16.2 Å². The third-order valence-electron chi connectivity index (χ3n) is 6.03. The molecular formula is C28H40N2O5Si2.